The van der Waals surface area contributed by atoms with Gasteiger partial charge in [-0.2, -0.15) is 4.31 Å². The van der Waals surface area contributed by atoms with E-state index in [4.69, 9.17) is 11.6 Å². The molecule has 2 aromatic rings. The first-order valence-corrected chi connectivity index (χ1v) is 12.5. The van der Waals surface area contributed by atoms with Gasteiger partial charge in [0.25, 0.3) is 0 Å². The van der Waals surface area contributed by atoms with Crippen molar-refractivity contribution < 1.29 is 18.0 Å². The molecule has 0 aliphatic carbocycles. The molecule has 0 saturated carbocycles. The molecule has 2 aromatic carbocycles. The third-order valence-corrected chi connectivity index (χ3v) is 7.86. The number of rotatable bonds is 8. The van der Waals surface area contributed by atoms with E-state index in [1.54, 1.807) is 46.2 Å². The van der Waals surface area contributed by atoms with Gasteiger partial charge < -0.3 is 9.80 Å². The number of amides is 2. The molecule has 1 fully saturated rings. The van der Waals surface area contributed by atoms with Crippen LogP contribution in [-0.2, 0) is 26.2 Å². The monoisotopic (exact) mass is 477 g/mol. The lowest BCUT2D eigenvalue weighted by atomic mass is 10.2. The number of sulfonamides is 1. The summed E-state index contributed by atoms with van der Waals surface area (Å²) in [4.78, 5) is 28.8. The number of carbonyl (C=O) groups is 2. The highest BCUT2D eigenvalue weighted by molar-refractivity contribution is 7.89. The van der Waals surface area contributed by atoms with Crippen molar-refractivity contribution in [2.75, 3.05) is 32.7 Å². The molecule has 0 radical (unpaired) electrons. The Bertz CT molecular complexity index is 1040. The zero-order valence-corrected chi connectivity index (χ0v) is 19.7. The smallest absolute Gasteiger partial charge is 0.243 e. The Morgan fingerprint density at radius 3 is 2.19 bits per heavy atom. The minimum absolute atomic E-state index is 0.100. The van der Waals surface area contributed by atoms with Crippen LogP contribution in [0.4, 0.5) is 0 Å². The molecule has 1 heterocycles. The van der Waals surface area contributed by atoms with Gasteiger partial charge in [0.05, 0.1) is 4.90 Å². The summed E-state index contributed by atoms with van der Waals surface area (Å²) in [6.07, 6.45) is 0.211. The molecule has 0 atom stereocenters. The van der Waals surface area contributed by atoms with Gasteiger partial charge in [-0.15, -0.1) is 0 Å². The van der Waals surface area contributed by atoms with Crippen molar-refractivity contribution in [1.29, 1.82) is 0 Å². The van der Waals surface area contributed by atoms with Crippen molar-refractivity contribution in [1.82, 2.24) is 14.1 Å². The van der Waals surface area contributed by atoms with E-state index in [9.17, 15) is 18.0 Å². The van der Waals surface area contributed by atoms with Crippen LogP contribution in [0.25, 0.3) is 0 Å². The predicted molar refractivity (Wildman–Crippen MR) is 124 cm³/mol. The quantitative estimate of drug-likeness (QED) is 0.585. The Kier molecular flexibility index (Phi) is 8.28. The molecule has 1 aliphatic heterocycles. The van der Waals surface area contributed by atoms with Gasteiger partial charge in [-0.25, -0.2) is 8.42 Å². The second-order valence-electron chi connectivity index (χ2n) is 7.60. The molecule has 3 rings (SSSR count). The Balaban J connectivity index is 1.49. The molecule has 32 heavy (non-hydrogen) atoms. The van der Waals surface area contributed by atoms with E-state index in [-0.39, 0.29) is 42.6 Å². The minimum atomic E-state index is -3.56. The number of piperazine rings is 1. The normalized spacial score (nSPS) is 14.9. The van der Waals surface area contributed by atoms with E-state index in [1.165, 1.54) is 4.31 Å². The van der Waals surface area contributed by atoms with E-state index in [2.05, 4.69) is 0 Å². The first-order chi connectivity index (χ1) is 15.3. The van der Waals surface area contributed by atoms with Crippen LogP contribution in [0.2, 0.25) is 5.02 Å². The molecular weight excluding hydrogens is 450 g/mol. The largest absolute Gasteiger partial charge is 0.340 e. The molecule has 2 amide bonds. The maximum atomic E-state index is 12.7. The number of nitrogens with zero attached hydrogens (tertiary/aromatic N) is 3. The fourth-order valence-corrected chi connectivity index (χ4v) is 5.30. The average Bonchev–Trinajstić information content (AvgIpc) is 2.82. The summed E-state index contributed by atoms with van der Waals surface area (Å²) in [5, 5.41) is 0.609. The molecular formula is C23H28ClN3O4S. The van der Waals surface area contributed by atoms with Crippen LogP contribution in [0.5, 0.6) is 0 Å². The summed E-state index contributed by atoms with van der Waals surface area (Å²) < 4.78 is 26.8. The highest BCUT2D eigenvalue weighted by Gasteiger charge is 2.30. The molecule has 0 N–H and O–H groups in total. The summed E-state index contributed by atoms with van der Waals surface area (Å²) in [5.41, 5.74) is 0.867. The second-order valence-corrected chi connectivity index (χ2v) is 9.94. The van der Waals surface area contributed by atoms with Gasteiger partial charge in [0.2, 0.25) is 21.8 Å². The van der Waals surface area contributed by atoms with E-state index in [0.717, 1.165) is 5.56 Å². The Hall–Kier alpha value is -2.42. The van der Waals surface area contributed by atoms with E-state index in [1.807, 2.05) is 25.1 Å². The fourth-order valence-electron chi connectivity index (χ4n) is 3.66. The van der Waals surface area contributed by atoms with Crippen molar-refractivity contribution in [3.05, 3.63) is 65.2 Å². The van der Waals surface area contributed by atoms with Crippen LogP contribution < -0.4 is 0 Å². The first kappa shape index (κ1) is 24.2. The van der Waals surface area contributed by atoms with Gasteiger partial charge in [-0.1, -0.05) is 48.0 Å². The molecule has 0 bridgehead atoms. The molecule has 0 unspecified atom stereocenters. The van der Waals surface area contributed by atoms with Crippen molar-refractivity contribution in [2.24, 2.45) is 0 Å². The van der Waals surface area contributed by atoms with Gasteiger partial charge in [0.1, 0.15) is 0 Å². The second kappa shape index (κ2) is 10.9. The average molecular weight is 478 g/mol. The summed E-state index contributed by atoms with van der Waals surface area (Å²) in [6, 6.07) is 15.7. The number of halogens is 1. The fraction of sp³-hybridized carbons (Fsp3) is 0.391. The molecule has 1 aliphatic rings. The highest BCUT2D eigenvalue weighted by Crippen LogP contribution is 2.19. The van der Waals surface area contributed by atoms with Crippen molar-refractivity contribution in [2.45, 2.75) is 31.2 Å². The summed E-state index contributed by atoms with van der Waals surface area (Å²) in [7, 11) is -3.56. The maximum Gasteiger partial charge on any atom is 0.243 e. The molecule has 0 spiro atoms. The van der Waals surface area contributed by atoms with Crippen LogP contribution in [0.15, 0.2) is 59.5 Å². The predicted octanol–water partition coefficient (Wildman–Crippen LogP) is 3.00. The van der Waals surface area contributed by atoms with Crippen molar-refractivity contribution in [3.8, 4) is 0 Å². The van der Waals surface area contributed by atoms with Gasteiger partial charge in [-0.3, -0.25) is 9.59 Å². The Labute approximate surface area is 194 Å². The molecule has 7 nitrogen and oxygen atoms in total. The molecule has 172 valence electrons. The van der Waals surface area contributed by atoms with Gasteiger partial charge in [0, 0.05) is 57.1 Å². The van der Waals surface area contributed by atoms with Gasteiger partial charge >= 0.3 is 0 Å². The van der Waals surface area contributed by atoms with Crippen LogP contribution in [0.3, 0.4) is 0 Å². The van der Waals surface area contributed by atoms with Crippen molar-refractivity contribution >= 4 is 33.4 Å². The molecule has 1 saturated heterocycles. The number of carbonyl (C=O) groups excluding carboxylic acids is 2. The van der Waals surface area contributed by atoms with Crippen LogP contribution >= 0.6 is 11.6 Å². The zero-order valence-electron chi connectivity index (χ0n) is 18.1. The third kappa shape index (κ3) is 5.88. The molecule has 9 heteroatoms. The number of hydrogen-bond acceptors (Lipinski definition) is 4. The van der Waals surface area contributed by atoms with E-state index < -0.39 is 10.0 Å². The van der Waals surface area contributed by atoms with Crippen LogP contribution in [0.1, 0.15) is 25.3 Å². The third-order valence-electron chi connectivity index (χ3n) is 5.58. The lowest BCUT2D eigenvalue weighted by molar-refractivity contribution is -0.137. The standard InChI is InChI=1S/C23H28ClN3O4S/c1-2-25(18-19-8-6-7-11-21(19)24)22(28)12-13-23(29)26-14-16-27(17-15-26)32(30,31)20-9-4-3-5-10-20/h3-11H,2,12-18H2,1H3. The Morgan fingerprint density at radius 1 is 0.938 bits per heavy atom. The summed E-state index contributed by atoms with van der Waals surface area (Å²) >= 11 is 6.20. The van der Waals surface area contributed by atoms with Crippen LogP contribution in [-0.4, -0.2) is 67.1 Å². The van der Waals surface area contributed by atoms with E-state index in [0.29, 0.717) is 31.2 Å². The Morgan fingerprint density at radius 2 is 1.56 bits per heavy atom. The summed E-state index contributed by atoms with van der Waals surface area (Å²) in [5.74, 6) is -0.241. The minimum Gasteiger partial charge on any atom is -0.340 e. The molecule has 0 aromatic heterocycles. The number of benzene rings is 2. The summed E-state index contributed by atoms with van der Waals surface area (Å²) in [6.45, 7) is 3.93. The topological polar surface area (TPSA) is 78.0 Å². The maximum absolute atomic E-state index is 12.7. The van der Waals surface area contributed by atoms with Gasteiger partial charge in [0.15, 0.2) is 0 Å². The van der Waals surface area contributed by atoms with Crippen LogP contribution in [0, 0.1) is 0 Å². The number of hydrogen-bond donors (Lipinski definition) is 0. The van der Waals surface area contributed by atoms with E-state index >= 15 is 0 Å². The lowest BCUT2D eigenvalue weighted by Crippen LogP contribution is -2.50. The highest BCUT2D eigenvalue weighted by atomic mass is 35.5. The zero-order chi connectivity index (χ0) is 23.1. The SMILES string of the molecule is CCN(Cc1ccccc1Cl)C(=O)CCC(=O)N1CCN(S(=O)(=O)c2ccccc2)CC1. The first-order valence-electron chi connectivity index (χ1n) is 10.7. The lowest BCUT2D eigenvalue weighted by Gasteiger charge is -2.34. The van der Waals surface area contributed by atoms with Crippen molar-refractivity contribution in [3.63, 3.8) is 0 Å². The van der Waals surface area contributed by atoms with Gasteiger partial charge in [-0.05, 0) is 30.7 Å².